The average Bonchev–Trinajstić information content (AvgIpc) is 3.28. The predicted octanol–water partition coefficient (Wildman–Crippen LogP) is 3.44. The second-order valence-corrected chi connectivity index (χ2v) is 9.06. The van der Waals surface area contributed by atoms with Crippen LogP contribution in [-0.4, -0.2) is 66.1 Å². The number of pyridine rings is 1. The Labute approximate surface area is 207 Å². The molecule has 2 aliphatic rings. The van der Waals surface area contributed by atoms with E-state index in [1.54, 1.807) is 6.07 Å². The van der Waals surface area contributed by atoms with Crippen LogP contribution >= 0.6 is 23.8 Å². The van der Waals surface area contributed by atoms with Gasteiger partial charge in [0.25, 0.3) is 5.56 Å². The van der Waals surface area contributed by atoms with Gasteiger partial charge in [-0.3, -0.25) is 9.69 Å². The highest BCUT2D eigenvalue weighted by Gasteiger charge is 2.19. The first-order valence-corrected chi connectivity index (χ1v) is 11.9. The van der Waals surface area contributed by atoms with E-state index in [9.17, 15) is 4.79 Å². The fourth-order valence-electron chi connectivity index (χ4n) is 4.07. The first kappa shape index (κ1) is 22.9. The lowest BCUT2D eigenvalue weighted by atomic mass is 10.1. The lowest BCUT2D eigenvalue weighted by Crippen LogP contribution is -2.44. The fraction of sp³-hybridized carbons (Fsp3) is 0.333. The first-order chi connectivity index (χ1) is 16.5. The Morgan fingerprint density at radius 1 is 1.15 bits per heavy atom. The van der Waals surface area contributed by atoms with Crippen molar-refractivity contribution in [2.24, 2.45) is 0 Å². The molecule has 0 saturated carbocycles. The van der Waals surface area contributed by atoms with Crippen molar-refractivity contribution in [2.45, 2.75) is 6.54 Å². The highest BCUT2D eigenvalue weighted by Crippen LogP contribution is 2.35. The van der Waals surface area contributed by atoms with E-state index in [-0.39, 0.29) is 12.4 Å². The van der Waals surface area contributed by atoms with Gasteiger partial charge in [0.2, 0.25) is 6.79 Å². The van der Waals surface area contributed by atoms with Crippen molar-refractivity contribution in [1.29, 1.82) is 0 Å². The number of aromatic nitrogens is 1. The van der Waals surface area contributed by atoms with Crippen LogP contribution in [0.4, 0.5) is 5.69 Å². The maximum absolute atomic E-state index is 12.9. The van der Waals surface area contributed by atoms with Crippen molar-refractivity contribution in [2.75, 3.05) is 51.5 Å². The van der Waals surface area contributed by atoms with E-state index in [4.69, 9.17) is 38.0 Å². The van der Waals surface area contributed by atoms with Crippen LogP contribution in [0.1, 0.15) is 5.56 Å². The highest BCUT2D eigenvalue weighted by atomic mass is 35.5. The molecule has 3 aromatic rings. The number of aromatic amines is 1. The van der Waals surface area contributed by atoms with E-state index in [0.717, 1.165) is 43.9 Å². The normalized spacial score (nSPS) is 15.4. The van der Waals surface area contributed by atoms with Crippen LogP contribution in [0.3, 0.4) is 0 Å². The number of fused-ring (bicyclic) bond motifs is 2. The fourth-order valence-corrected chi connectivity index (χ4v) is 4.54. The molecule has 0 atom stereocenters. The standard InChI is InChI=1S/C24H25ClN4O4S/c25-18-2-1-3-19(12-18)26-24(34)29(5-4-28-6-8-31-9-7-28)14-17-10-16-11-21-22(33-15-32-21)13-20(16)27-23(17)30/h1-3,10-13H,4-9,14-15H2,(H,26,34)(H,27,30). The number of hydrogen-bond donors (Lipinski definition) is 2. The van der Waals surface area contributed by atoms with Crippen LogP contribution in [-0.2, 0) is 11.3 Å². The van der Waals surface area contributed by atoms with Crippen LogP contribution in [0.2, 0.25) is 5.02 Å². The van der Waals surface area contributed by atoms with E-state index < -0.39 is 0 Å². The maximum atomic E-state index is 12.9. The molecule has 5 rings (SSSR count). The molecule has 0 spiro atoms. The van der Waals surface area contributed by atoms with Crippen molar-refractivity contribution in [1.82, 2.24) is 14.8 Å². The van der Waals surface area contributed by atoms with E-state index in [2.05, 4.69) is 15.2 Å². The Morgan fingerprint density at radius 2 is 1.94 bits per heavy atom. The summed E-state index contributed by atoms with van der Waals surface area (Å²) in [5.41, 5.74) is 1.96. The molecular weight excluding hydrogens is 476 g/mol. The van der Waals surface area contributed by atoms with E-state index in [1.165, 1.54) is 0 Å². The number of morpholine rings is 1. The molecule has 0 bridgehead atoms. The number of rotatable bonds is 6. The maximum Gasteiger partial charge on any atom is 0.253 e. The van der Waals surface area contributed by atoms with Gasteiger partial charge in [0.15, 0.2) is 16.6 Å². The van der Waals surface area contributed by atoms with E-state index in [1.807, 2.05) is 41.3 Å². The minimum atomic E-state index is -0.159. The zero-order valence-electron chi connectivity index (χ0n) is 18.5. The summed E-state index contributed by atoms with van der Waals surface area (Å²) in [5.74, 6) is 1.31. The van der Waals surface area contributed by atoms with Gasteiger partial charge in [0.1, 0.15) is 0 Å². The Hall–Kier alpha value is -2.85. The minimum Gasteiger partial charge on any atom is -0.454 e. The monoisotopic (exact) mass is 500 g/mol. The summed E-state index contributed by atoms with van der Waals surface area (Å²) in [5, 5.41) is 5.29. The zero-order chi connectivity index (χ0) is 23.5. The summed E-state index contributed by atoms with van der Waals surface area (Å²) >= 11 is 11.9. The lowest BCUT2D eigenvalue weighted by molar-refractivity contribution is 0.0358. The SMILES string of the molecule is O=c1[nH]c2cc3c(cc2cc1CN(CCN1CCOCC1)C(=S)Nc1cccc(Cl)c1)OCO3. The summed E-state index contributed by atoms with van der Waals surface area (Å²) < 4.78 is 16.4. The van der Waals surface area contributed by atoms with Gasteiger partial charge in [-0.05, 0) is 42.5 Å². The molecule has 178 valence electrons. The largest absolute Gasteiger partial charge is 0.454 e. The molecule has 8 nitrogen and oxygen atoms in total. The van der Waals surface area contributed by atoms with Crippen molar-refractivity contribution in [3.8, 4) is 11.5 Å². The van der Waals surface area contributed by atoms with Gasteiger partial charge >= 0.3 is 0 Å². The second-order valence-electron chi connectivity index (χ2n) is 8.23. The van der Waals surface area contributed by atoms with Crippen LogP contribution in [0.25, 0.3) is 10.9 Å². The smallest absolute Gasteiger partial charge is 0.253 e. The second kappa shape index (κ2) is 10.2. The highest BCUT2D eigenvalue weighted by molar-refractivity contribution is 7.80. The third-order valence-corrected chi connectivity index (χ3v) is 6.52. The number of thiocarbonyl (C=S) groups is 1. The molecule has 10 heteroatoms. The number of nitrogens with zero attached hydrogens (tertiary/aromatic N) is 2. The van der Waals surface area contributed by atoms with Crippen LogP contribution < -0.4 is 20.3 Å². The molecule has 1 saturated heterocycles. The number of benzene rings is 2. The molecule has 34 heavy (non-hydrogen) atoms. The Kier molecular flexibility index (Phi) is 6.87. The van der Waals surface area contributed by atoms with Crippen molar-refractivity contribution in [3.63, 3.8) is 0 Å². The third kappa shape index (κ3) is 5.28. The number of anilines is 1. The number of ether oxygens (including phenoxy) is 3. The summed E-state index contributed by atoms with van der Waals surface area (Å²) in [7, 11) is 0. The van der Waals surface area contributed by atoms with Gasteiger partial charge < -0.3 is 29.4 Å². The van der Waals surface area contributed by atoms with Crippen molar-refractivity contribution >= 4 is 45.5 Å². The number of halogens is 1. The molecule has 0 aliphatic carbocycles. The molecular formula is C24H25ClN4O4S. The minimum absolute atomic E-state index is 0.159. The van der Waals surface area contributed by atoms with Crippen LogP contribution in [0.5, 0.6) is 11.5 Å². The van der Waals surface area contributed by atoms with Gasteiger partial charge in [0.05, 0.1) is 25.3 Å². The molecule has 2 aliphatic heterocycles. The number of hydrogen-bond acceptors (Lipinski definition) is 6. The summed E-state index contributed by atoms with van der Waals surface area (Å²) in [6.45, 7) is 5.23. The Bertz CT molecular complexity index is 1260. The number of H-pyrrole nitrogens is 1. The topological polar surface area (TPSA) is 79.1 Å². The molecule has 0 radical (unpaired) electrons. The Balaban J connectivity index is 1.38. The van der Waals surface area contributed by atoms with Gasteiger partial charge in [-0.1, -0.05) is 17.7 Å². The molecule has 1 aromatic heterocycles. The lowest BCUT2D eigenvalue weighted by Gasteiger charge is -2.31. The van der Waals surface area contributed by atoms with Gasteiger partial charge in [-0.25, -0.2) is 0 Å². The summed E-state index contributed by atoms with van der Waals surface area (Å²) in [6, 6.07) is 13.0. The van der Waals surface area contributed by atoms with Gasteiger partial charge in [-0.2, -0.15) is 0 Å². The number of nitrogens with one attached hydrogen (secondary N) is 2. The average molecular weight is 501 g/mol. The van der Waals surface area contributed by atoms with Crippen LogP contribution in [0, 0.1) is 0 Å². The van der Waals surface area contributed by atoms with Crippen LogP contribution in [0.15, 0.2) is 47.3 Å². The van der Waals surface area contributed by atoms with E-state index >= 15 is 0 Å². The van der Waals surface area contributed by atoms with Crippen molar-refractivity contribution in [3.05, 3.63) is 63.4 Å². The summed E-state index contributed by atoms with van der Waals surface area (Å²) in [6.07, 6.45) is 0. The molecule has 3 heterocycles. The molecule has 1 fully saturated rings. The first-order valence-electron chi connectivity index (χ1n) is 11.1. The zero-order valence-corrected chi connectivity index (χ0v) is 20.1. The molecule has 0 amide bonds. The molecule has 2 aromatic carbocycles. The summed E-state index contributed by atoms with van der Waals surface area (Å²) in [4.78, 5) is 20.3. The predicted molar refractivity (Wildman–Crippen MR) is 136 cm³/mol. The van der Waals surface area contributed by atoms with Gasteiger partial charge in [0, 0.05) is 53.9 Å². The third-order valence-electron chi connectivity index (χ3n) is 5.93. The Morgan fingerprint density at radius 3 is 2.74 bits per heavy atom. The van der Waals surface area contributed by atoms with Crippen molar-refractivity contribution < 1.29 is 14.2 Å². The molecule has 2 N–H and O–H groups in total. The van der Waals surface area contributed by atoms with E-state index in [0.29, 0.717) is 45.8 Å². The molecule has 0 unspecified atom stereocenters. The van der Waals surface area contributed by atoms with Gasteiger partial charge in [-0.15, -0.1) is 0 Å². The quantitative estimate of drug-likeness (QED) is 0.498.